The second-order valence-electron chi connectivity index (χ2n) is 4.59. The van der Waals surface area contributed by atoms with Gasteiger partial charge in [-0.25, -0.2) is 13.1 Å². The van der Waals surface area contributed by atoms with E-state index in [9.17, 15) is 8.42 Å². The Morgan fingerprint density at radius 2 is 2.39 bits per heavy atom. The summed E-state index contributed by atoms with van der Waals surface area (Å²) in [4.78, 5) is 0. The smallest absolute Gasteiger partial charge is 0.250 e. The predicted molar refractivity (Wildman–Crippen MR) is 77.5 cm³/mol. The second kappa shape index (κ2) is 6.00. The molecule has 0 amide bonds. The van der Waals surface area contributed by atoms with E-state index in [0.29, 0.717) is 16.7 Å². The van der Waals surface area contributed by atoms with Crippen molar-refractivity contribution in [2.24, 2.45) is 5.92 Å². The van der Waals surface area contributed by atoms with E-state index in [2.05, 4.69) is 26.0 Å². The number of hydrogen-bond donors (Lipinski definition) is 2. The molecule has 18 heavy (non-hydrogen) atoms. The first-order valence-corrected chi connectivity index (χ1v) is 9.04. The summed E-state index contributed by atoms with van der Waals surface area (Å²) in [5.74, 6) is 0.401. The molecule has 4 nitrogen and oxygen atoms in total. The fourth-order valence-electron chi connectivity index (χ4n) is 1.96. The van der Waals surface area contributed by atoms with Crippen molar-refractivity contribution >= 4 is 37.3 Å². The van der Waals surface area contributed by atoms with Gasteiger partial charge in [0.25, 0.3) is 0 Å². The van der Waals surface area contributed by atoms with Crippen molar-refractivity contribution in [1.82, 2.24) is 10.0 Å². The quantitative estimate of drug-likeness (QED) is 0.872. The van der Waals surface area contributed by atoms with Crippen LogP contribution < -0.4 is 10.0 Å². The highest BCUT2D eigenvalue weighted by molar-refractivity contribution is 9.11. The zero-order chi connectivity index (χ0) is 13.2. The molecule has 1 atom stereocenters. The number of piperidine rings is 1. The third-order valence-corrected chi connectivity index (χ3v) is 7.09. The maximum atomic E-state index is 12.1. The summed E-state index contributed by atoms with van der Waals surface area (Å²) in [6, 6.07) is 1.70. The van der Waals surface area contributed by atoms with Crippen molar-refractivity contribution in [2.45, 2.75) is 24.0 Å². The minimum Gasteiger partial charge on any atom is -0.316 e. The highest BCUT2D eigenvalue weighted by atomic mass is 79.9. The normalized spacial score (nSPS) is 21.1. The van der Waals surface area contributed by atoms with Gasteiger partial charge >= 0.3 is 0 Å². The zero-order valence-electron chi connectivity index (χ0n) is 10.2. The van der Waals surface area contributed by atoms with Gasteiger partial charge in [0.05, 0.1) is 3.79 Å². The average Bonchev–Trinajstić information content (AvgIpc) is 2.70. The fourth-order valence-corrected chi connectivity index (χ4v) is 5.35. The van der Waals surface area contributed by atoms with E-state index in [1.165, 1.54) is 11.3 Å². The summed E-state index contributed by atoms with van der Waals surface area (Å²) >= 11 is 4.61. The van der Waals surface area contributed by atoms with Crippen LogP contribution >= 0.6 is 27.3 Å². The number of hydrogen-bond acceptors (Lipinski definition) is 4. The second-order valence-corrected chi connectivity index (χ2v) is 8.95. The molecule has 2 N–H and O–H groups in total. The zero-order valence-corrected chi connectivity index (χ0v) is 13.4. The Labute approximate surface area is 120 Å². The summed E-state index contributed by atoms with van der Waals surface area (Å²) in [7, 11) is -3.35. The van der Waals surface area contributed by atoms with Crippen molar-refractivity contribution in [3.05, 3.63) is 15.4 Å². The lowest BCUT2D eigenvalue weighted by Crippen LogP contribution is -2.37. The lowest BCUT2D eigenvalue weighted by Gasteiger charge is -2.22. The topological polar surface area (TPSA) is 58.2 Å². The molecule has 1 saturated heterocycles. The number of thiophene rings is 1. The van der Waals surface area contributed by atoms with Crippen molar-refractivity contribution in [1.29, 1.82) is 0 Å². The van der Waals surface area contributed by atoms with Crippen LogP contribution in [0.4, 0.5) is 0 Å². The SMILES string of the molecule is Cc1cc(S(=O)(=O)NCC2CCCNC2)sc1Br. The number of aryl methyl sites for hydroxylation is 1. The van der Waals surface area contributed by atoms with Gasteiger partial charge in [-0.2, -0.15) is 0 Å². The van der Waals surface area contributed by atoms with Gasteiger partial charge < -0.3 is 5.32 Å². The molecule has 1 aromatic rings. The predicted octanol–water partition coefficient (Wildman–Crippen LogP) is 2.10. The van der Waals surface area contributed by atoms with E-state index in [4.69, 9.17) is 0 Å². The maximum Gasteiger partial charge on any atom is 0.250 e. The van der Waals surface area contributed by atoms with Gasteiger partial charge in [-0.15, -0.1) is 11.3 Å². The standard InChI is InChI=1S/C11H17BrN2O2S2/c1-8-5-10(17-11(8)12)18(15,16)14-7-9-3-2-4-13-6-9/h5,9,13-14H,2-4,6-7H2,1H3. The van der Waals surface area contributed by atoms with E-state index in [-0.39, 0.29) is 0 Å². The van der Waals surface area contributed by atoms with Crippen LogP contribution in [0.25, 0.3) is 0 Å². The number of sulfonamides is 1. The molecule has 2 rings (SSSR count). The van der Waals surface area contributed by atoms with Crippen LogP contribution in [0.1, 0.15) is 18.4 Å². The summed E-state index contributed by atoms with van der Waals surface area (Å²) in [5, 5.41) is 3.28. The van der Waals surface area contributed by atoms with Crippen LogP contribution in [0, 0.1) is 12.8 Å². The van der Waals surface area contributed by atoms with Gasteiger partial charge in [0.2, 0.25) is 10.0 Å². The van der Waals surface area contributed by atoms with Crippen LogP contribution in [0.5, 0.6) is 0 Å². The van der Waals surface area contributed by atoms with Crippen LogP contribution in [0.15, 0.2) is 14.1 Å². The number of nitrogens with one attached hydrogen (secondary N) is 2. The third kappa shape index (κ3) is 3.54. The van der Waals surface area contributed by atoms with E-state index in [1.54, 1.807) is 6.07 Å². The fraction of sp³-hybridized carbons (Fsp3) is 0.636. The average molecular weight is 353 g/mol. The molecular weight excluding hydrogens is 336 g/mol. The molecule has 0 aromatic carbocycles. The Hall–Kier alpha value is 0.0500. The van der Waals surface area contributed by atoms with Gasteiger partial charge in [0.15, 0.2) is 0 Å². The monoisotopic (exact) mass is 352 g/mol. The van der Waals surface area contributed by atoms with Crippen molar-refractivity contribution in [2.75, 3.05) is 19.6 Å². The first kappa shape index (κ1) is 14.5. The molecule has 7 heteroatoms. The summed E-state index contributed by atoms with van der Waals surface area (Å²) in [5.41, 5.74) is 0.958. The molecule has 102 valence electrons. The largest absolute Gasteiger partial charge is 0.316 e. The van der Waals surface area contributed by atoms with Gasteiger partial charge in [-0.05, 0) is 66.3 Å². The van der Waals surface area contributed by atoms with Gasteiger partial charge in [0, 0.05) is 6.54 Å². The van der Waals surface area contributed by atoms with Crippen molar-refractivity contribution in [3.63, 3.8) is 0 Å². The van der Waals surface area contributed by atoms with Gasteiger partial charge in [-0.3, -0.25) is 0 Å². The molecule has 1 unspecified atom stereocenters. The Bertz CT molecular complexity index is 488. The third-order valence-electron chi connectivity index (χ3n) is 3.06. The Balaban J connectivity index is 1.98. The molecule has 0 radical (unpaired) electrons. The van der Waals surface area contributed by atoms with Crippen LogP contribution in [0.2, 0.25) is 0 Å². The minimum absolute atomic E-state index is 0.385. The molecule has 2 heterocycles. The van der Waals surface area contributed by atoms with Crippen LogP contribution in [-0.2, 0) is 10.0 Å². The van der Waals surface area contributed by atoms with Gasteiger partial charge in [-0.1, -0.05) is 0 Å². The van der Waals surface area contributed by atoms with Gasteiger partial charge in [0.1, 0.15) is 4.21 Å². The first-order valence-electron chi connectivity index (χ1n) is 5.95. The molecule has 0 saturated carbocycles. The van der Waals surface area contributed by atoms with Crippen molar-refractivity contribution < 1.29 is 8.42 Å². The van der Waals surface area contributed by atoms with E-state index >= 15 is 0 Å². The Morgan fingerprint density at radius 3 is 2.94 bits per heavy atom. The molecule has 1 aliphatic rings. The summed E-state index contributed by atoms with van der Waals surface area (Å²) < 4.78 is 28.2. The minimum atomic E-state index is -3.35. The molecule has 0 bridgehead atoms. The first-order chi connectivity index (χ1) is 8.49. The lowest BCUT2D eigenvalue weighted by atomic mass is 10.0. The maximum absolute atomic E-state index is 12.1. The summed E-state index contributed by atoms with van der Waals surface area (Å²) in [6.45, 7) is 4.35. The lowest BCUT2D eigenvalue weighted by molar-refractivity contribution is 0.376. The van der Waals surface area contributed by atoms with Crippen molar-refractivity contribution in [3.8, 4) is 0 Å². The molecular formula is C11H17BrN2O2S2. The highest BCUT2D eigenvalue weighted by Crippen LogP contribution is 2.30. The molecule has 1 aliphatic heterocycles. The Morgan fingerprint density at radius 1 is 1.61 bits per heavy atom. The molecule has 0 spiro atoms. The Kier molecular flexibility index (Phi) is 4.82. The molecule has 1 fully saturated rings. The highest BCUT2D eigenvalue weighted by Gasteiger charge is 2.20. The number of rotatable bonds is 4. The van der Waals surface area contributed by atoms with E-state index in [0.717, 1.165) is 35.3 Å². The number of halogens is 1. The molecule has 1 aromatic heterocycles. The van der Waals surface area contributed by atoms with E-state index < -0.39 is 10.0 Å². The summed E-state index contributed by atoms with van der Waals surface area (Å²) in [6.07, 6.45) is 2.21. The molecule has 0 aliphatic carbocycles. The van der Waals surface area contributed by atoms with Crippen LogP contribution in [0.3, 0.4) is 0 Å². The van der Waals surface area contributed by atoms with E-state index in [1.807, 2.05) is 6.92 Å². The van der Waals surface area contributed by atoms with Crippen LogP contribution in [-0.4, -0.2) is 28.1 Å².